The Morgan fingerprint density at radius 3 is 2.85 bits per heavy atom. The zero-order valence-corrected chi connectivity index (χ0v) is 12.8. The van der Waals surface area contributed by atoms with E-state index in [9.17, 15) is 9.90 Å². The Kier molecular flexibility index (Phi) is 5.86. The van der Waals surface area contributed by atoms with Crippen molar-refractivity contribution in [1.82, 2.24) is 10.6 Å². The Hall–Kier alpha value is -1.07. The number of amides is 2. The molecular formula is C15H24N2O2S. The minimum atomic E-state index is -0.183. The van der Waals surface area contributed by atoms with Crippen LogP contribution in [0.15, 0.2) is 12.1 Å². The second-order valence-electron chi connectivity index (χ2n) is 5.47. The summed E-state index contributed by atoms with van der Waals surface area (Å²) in [6.07, 6.45) is 4.73. The van der Waals surface area contributed by atoms with Crippen molar-refractivity contribution in [3.8, 4) is 0 Å². The molecule has 2 atom stereocenters. The van der Waals surface area contributed by atoms with Gasteiger partial charge in [0.05, 0.1) is 12.6 Å². The van der Waals surface area contributed by atoms with Crippen LogP contribution in [-0.4, -0.2) is 23.8 Å². The number of aliphatic hydroxyl groups excluding tert-OH is 1. The molecule has 5 heteroatoms. The van der Waals surface area contributed by atoms with Gasteiger partial charge >= 0.3 is 6.03 Å². The zero-order chi connectivity index (χ0) is 14.4. The Bertz CT molecular complexity index is 433. The van der Waals surface area contributed by atoms with E-state index >= 15 is 0 Å². The first kappa shape index (κ1) is 15.3. The van der Waals surface area contributed by atoms with E-state index in [0.717, 1.165) is 32.1 Å². The minimum absolute atomic E-state index is 0.114. The van der Waals surface area contributed by atoms with Crippen LogP contribution in [0, 0.1) is 5.92 Å². The smallest absolute Gasteiger partial charge is 0.315 e. The number of rotatable bonds is 5. The molecule has 0 spiro atoms. The number of aliphatic hydroxyl groups is 1. The van der Waals surface area contributed by atoms with Crippen LogP contribution in [0.5, 0.6) is 0 Å². The van der Waals surface area contributed by atoms with Gasteiger partial charge in [0.1, 0.15) is 0 Å². The molecule has 1 heterocycles. The van der Waals surface area contributed by atoms with Crippen molar-refractivity contribution in [2.75, 3.05) is 6.54 Å². The number of thiophene rings is 1. The van der Waals surface area contributed by atoms with Crippen LogP contribution in [0.25, 0.3) is 0 Å². The average Bonchev–Trinajstić information content (AvgIpc) is 2.91. The lowest BCUT2D eigenvalue weighted by Gasteiger charge is -2.25. The van der Waals surface area contributed by atoms with Crippen molar-refractivity contribution < 1.29 is 9.90 Å². The first-order chi connectivity index (χ1) is 9.67. The number of carbonyl (C=O) groups excluding carboxylic acids is 1. The third kappa shape index (κ3) is 4.80. The molecule has 0 saturated heterocycles. The summed E-state index contributed by atoms with van der Waals surface area (Å²) < 4.78 is 0. The fourth-order valence-corrected chi connectivity index (χ4v) is 3.52. The van der Waals surface area contributed by atoms with Gasteiger partial charge in [0.2, 0.25) is 0 Å². The number of aryl methyl sites for hydroxylation is 1. The average molecular weight is 296 g/mol. The molecule has 1 aromatic heterocycles. The van der Waals surface area contributed by atoms with Crippen molar-refractivity contribution in [3.05, 3.63) is 21.9 Å². The SMILES string of the molecule is CCc1ccc(CNC(=O)NCC2CCCC(O)C2)s1. The summed E-state index contributed by atoms with van der Waals surface area (Å²) >= 11 is 1.75. The molecule has 1 aliphatic rings. The van der Waals surface area contributed by atoms with E-state index in [2.05, 4.69) is 29.7 Å². The highest BCUT2D eigenvalue weighted by molar-refractivity contribution is 7.11. The maximum Gasteiger partial charge on any atom is 0.315 e. The van der Waals surface area contributed by atoms with Crippen LogP contribution in [0.3, 0.4) is 0 Å². The van der Waals surface area contributed by atoms with Gasteiger partial charge in [-0.1, -0.05) is 13.3 Å². The normalized spacial score (nSPS) is 22.5. The fourth-order valence-electron chi connectivity index (χ4n) is 2.62. The van der Waals surface area contributed by atoms with Crippen molar-refractivity contribution in [2.45, 2.75) is 51.7 Å². The van der Waals surface area contributed by atoms with Gasteiger partial charge in [0.25, 0.3) is 0 Å². The van der Waals surface area contributed by atoms with Gasteiger partial charge in [-0.3, -0.25) is 0 Å². The highest BCUT2D eigenvalue weighted by Crippen LogP contribution is 2.23. The standard InChI is InChI=1S/C15H24N2O2S/c1-2-13-6-7-14(20-13)10-17-15(19)16-9-11-4-3-5-12(18)8-11/h6-7,11-12,18H,2-5,8-10H2,1H3,(H2,16,17,19). The maximum absolute atomic E-state index is 11.7. The van der Waals surface area contributed by atoms with Crippen LogP contribution < -0.4 is 10.6 Å². The lowest BCUT2D eigenvalue weighted by molar-refractivity contribution is 0.101. The van der Waals surface area contributed by atoms with Gasteiger partial charge in [-0.15, -0.1) is 11.3 Å². The van der Waals surface area contributed by atoms with E-state index < -0.39 is 0 Å². The number of urea groups is 1. The van der Waals surface area contributed by atoms with E-state index in [1.165, 1.54) is 9.75 Å². The van der Waals surface area contributed by atoms with Crippen molar-refractivity contribution >= 4 is 17.4 Å². The molecule has 1 saturated carbocycles. The van der Waals surface area contributed by atoms with E-state index in [-0.39, 0.29) is 12.1 Å². The first-order valence-corrected chi connectivity index (χ1v) is 8.26. The van der Waals surface area contributed by atoms with Crippen LogP contribution in [0.2, 0.25) is 0 Å². The topological polar surface area (TPSA) is 61.4 Å². The van der Waals surface area contributed by atoms with Crippen LogP contribution in [-0.2, 0) is 13.0 Å². The summed E-state index contributed by atoms with van der Waals surface area (Å²) in [5, 5.41) is 15.4. The summed E-state index contributed by atoms with van der Waals surface area (Å²) in [5.41, 5.74) is 0. The zero-order valence-electron chi connectivity index (χ0n) is 12.0. The van der Waals surface area contributed by atoms with Crippen molar-refractivity contribution in [3.63, 3.8) is 0 Å². The minimum Gasteiger partial charge on any atom is -0.393 e. The van der Waals surface area contributed by atoms with Gasteiger partial charge in [0.15, 0.2) is 0 Å². The van der Waals surface area contributed by atoms with Gasteiger partial charge in [-0.2, -0.15) is 0 Å². The van der Waals surface area contributed by atoms with Crippen LogP contribution >= 0.6 is 11.3 Å². The molecule has 0 bridgehead atoms. The molecule has 1 aliphatic carbocycles. The molecule has 1 fully saturated rings. The van der Waals surface area contributed by atoms with Gasteiger partial charge in [-0.25, -0.2) is 4.79 Å². The number of carbonyl (C=O) groups is 1. The van der Waals surface area contributed by atoms with Crippen molar-refractivity contribution in [1.29, 1.82) is 0 Å². The fraction of sp³-hybridized carbons (Fsp3) is 0.667. The van der Waals surface area contributed by atoms with E-state index in [4.69, 9.17) is 0 Å². The van der Waals surface area contributed by atoms with Crippen LogP contribution in [0.4, 0.5) is 4.79 Å². The van der Waals surface area contributed by atoms with Gasteiger partial charge < -0.3 is 15.7 Å². The molecule has 2 unspecified atom stereocenters. The Morgan fingerprint density at radius 2 is 2.15 bits per heavy atom. The largest absolute Gasteiger partial charge is 0.393 e. The van der Waals surface area contributed by atoms with Gasteiger partial charge in [-0.05, 0) is 43.7 Å². The van der Waals surface area contributed by atoms with Crippen LogP contribution in [0.1, 0.15) is 42.4 Å². The summed E-state index contributed by atoms with van der Waals surface area (Å²) in [7, 11) is 0. The lowest BCUT2D eigenvalue weighted by atomic mass is 9.87. The number of hydrogen-bond acceptors (Lipinski definition) is 3. The molecule has 20 heavy (non-hydrogen) atoms. The predicted molar refractivity (Wildman–Crippen MR) is 81.9 cm³/mol. The van der Waals surface area contributed by atoms with E-state index in [1.54, 1.807) is 11.3 Å². The highest BCUT2D eigenvalue weighted by atomic mass is 32.1. The lowest BCUT2D eigenvalue weighted by Crippen LogP contribution is -2.39. The second kappa shape index (κ2) is 7.64. The molecule has 0 aliphatic heterocycles. The second-order valence-corrected chi connectivity index (χ2v) is 6.72. The number of hydrogen-bond donors (Lipinski definition) is 3. The monoisotopic (exact) mass is 296 g/mol. The molecule has 3 N–H and O–H groups in total. The Balaban J connectivity index is 1.65. The summed E-state index contributed by atoms with van der Waals surface area (Å²) in [5.74, 6) is 0.415. The molecule has 1 aromatic rings. The maximum atomic E-state index is 11.7. The molecule has 2 rings (SSSR count). The predicted octanol–water partition coefficient (Wildman–Crippen LogP) is 2.66. The molecule has 4 nitrogen and oxygen atoms in total. The van der Waals surface area contributed by atoms with E-state index in [1.807, 2.05) is 0 Å². The Morgan fingerprint density at radius 1 is 1.35 bits per heavy atom. The summed E-state index contributed by atoms with van der Waals surface area (Å²) in [6, 6.07) is 4.07. The molecular weight excluding hydrogens is 272 g/mol. The quantitative estimate of drug-likeness (QED) is 0.782. The molecule has 2 amide bonds. The molecule has 0 aromatic carbocycles. The number of nitrogens with one attached hydrogen (secondary N) is 2. The third-order valence-corrected chi connectivity index (χ3v) is 5.02. The highest BCUT2D eigenvalue weighted by Gasteiger charge is 2.20. The molecule has 0 radical (unpaired) electrons. The third-order valence-electron chi connectivity index (χ3n) is 3.80. The first-order valence-electron chi connectivity index (χ1n) is 7.44. The molecule has 112 valence electrons. The summed E-state index contributed by atoms with van der Waals surface area (Å²) in [4.78, 5) is 14.3. The van der Waals surface area contributed by atoms with Crippen molar-refractivity contribution in [2.24, 2.45) is 5.92 Å². The van der Waals surface area contributed by atoms with E-state index in [0.29, 0.717) is 19.0 Å². The van der Waals surface area contributed by atoms with Gasteiger partial charge in [0, 0.05) is 16.3 Å². The summed E-state index contributed by atoms with van der Waals surface area (Å²) in [6.45, 7) is 3.38. The Labute approximate surface area is 124 Å².